The number of piperidine rings is 1. The van der Waals surface area contributed by atoms with Gasteiger partial charge in [0.25, 0.3) is 11.7 Å². The second-order valence-corrected chi connectivity index (χ2v) is 9.31. The quantitative estimate of drug-likeness (QED) is 0.252. The third kappa shape index (κ3) is 4.51. The average molecular weight is 536 g/mol. The van der Waals surface area contributed by atoms with E-state index in [1.54, 1.807) is 30.4 Å². The van der Waals surface area contributed by atoms with Gasteiger partial charge < -0.3 is 19.0 Å². The molecule has 11 nitrogen and oxygen atoms in total. The van der Waals surface area contributed by atoms with E-state index in [4.69, 9.17) is 9.15 Å². The van der Waals surface area contributed by atoms with Crippen LogP contribution >= 0.6 is 0 Å². The number of H-pyrrole nitrogens is 1. The molecular formula is C29H25N7O4. The number of hydrogen-bond acceptors (Lipinski definition) is 9. The fraction of sp³-hybridized carbons (Fsp3) is 0.207. The topological polar surface area (TPSA) is 140 Å². The van der Waals surface area contributed by atoms with E-state index in [1.165, 1.54) is 19.5 Å². The molecule has 0 unspecified atom stereocenters. The minimum atomic E-state index is -0.621. The Kier molecular flexibility index (Phi) is 6.61. The number of fused-ring (bicyclic) bond motifs is 1. The van der Waals surface area contributed by atoms with Crippen molar-refractivity contribution in [1.29, 1.82) is 0 Å². The first kappa shape index (κ1) is 25.1. The van der Waals surface area contributed by atoms with Gasteiger partial charge in [0.05, 0.1) is 36.0 Å². The number of nitrogens with one attached hydrogen (secondary N) is 1. The van der Waals surface area contributed by atoms with Crippen molar-refractivity contribution < 1.29 is 18.7 Å². The van der Waals surface area contributed by atoms with Gasteiger partial charge in [0.1, 0.15) is 17.1 Å². The molecule has 11 heteroatoms. The Hall–Kier alpha value is -5.19. The molecule has 0 bridgehead atoms. The van der Waals surface area contributed by atoms with Gasteiger partial charge in [-0.15, -0.1) is 10.2 Å². The summed E-state index contributed by atoms with van der Waals surface area (Å²) in [6.07, 6.45) is 8.90. The van der Waals surface area contributed by atoms with Crippen LogP contribution in [0, 0.1) is 6.92 Å². The number of amides is 1. The molecule has 40 heavy (non-hydrogen) atoms. The number of rotatable bonds is 6. The molecule has 1 fully saturated rings. The molecule has 1 aliphatic heterocycles. The average Bonchev–Trinajstić information content (AvgIpc) is 3.64. The highest BCUT2D eigenvalue weighted by atomic mass is 16.5. The number of nitrogens with zero attached hydrogens (tertiary/aromatic N) is 6. The normalized spacial score (nSPS) is 13.4. The van der Waals surface area contributed by atoms with Crippen molar-refractivity contribution in [3.8, 4) is 17.1 Å². The Morgan fingerprint density at radius 3 is 2.50 bits per heavy atom. The number of hydrogen-bond donors (Lipinski definition) is 1. The van der Waals surface area contributed by atoms with Crippen LogP contribution in [0.4, 0.5) is 0 Å². The minimum absolute atomic E-state index is 0.219. The van der Waals surface area contributed by atoms with Crippen LogP contribution in [0.15, 0.2) is 71.3 Å². The molecule has 0 aliphatic carbocycles. The largest absolute Gasteiger partial charge is 0.494 e. The van der Waals surface area contributed by atoms with Gasteiger partial charge in [0.2, 0.25) is 11.8 Å². The van der Waals surface area contributed by atoms with Crippen LogP contribution in [0.1, 0.15) is 40.5 Å². The maximum absolute atomic E-state index is 13.5. The first-order chi connectivity index (χ1) is 19.5. The molecule has 5 aromatic rings. The highest BCUT2D eigenvalue weighted by molar-refractivity contribution is 6.45. The Balaban J connectivity index is 1.28. The number of likely N-dealkylation sites (tertiary alicyclic amines) is 1. The number of benzene rings is 1. The van der Waals surface area contributed by atoms with Gasteiger partial charge in [0, 0.05) is 44.2 Å². The number of ketones is 1. The van der Waals surface area contributed by atoms with E-state index in [0.717, 1.165) is 16.7 Å². The number of methoxy groups -OCH3 is 1. The molecule has 4 aromatic heterocycles. The summed E-state index contributed by atoms with van der Waals surface area (Å²) in [5.41, 5.74) is 4.75. The molecule has 0 radical (unpaired) electrons. The first-order valence-electron chi connectivity index (χ1n) is 12.8. The molecule has 0 saturated carbocycles. The molecule has 1 aliphatic rings. The summed E-state index contributed by atoms with van der Waals surface area (Å²) < 4.78 is 11.3. The van der Waals surface area contributed by atoms with Crippen LogP contribution in [0.3, 0.4) is 0 Å². The number of ether oxygens (including phenoxy) is 1. The molecule has 6 rings (SSSR count). The zero-order valence-corrected chi connectivity index (χ0v) is 21.9. The van der Waals surface area contributed by atoms with Crippen LogP contribution in [0.25, 0.3) is 27.9 Å². The maximum atomic E-state index is 13.5. The predicted octanol–water partition coefficient (Wildman–Crippen LogP) is 4.03. The number of Topliss-reactive ketones (excluding diaryl/α,β-unsaturated/α-hetero) is 1. The molecule has 200 valence electrons. The monoisotopic (exact) mass is 535 g/mol. The fourth-order valence-corrected chi connectivity index (χ4v) is 5.04. The Morgan fingerprint density at radius 1 is 1.02 bits per heavy atom. The van der Waals surface area contributed by atoms with E-state index in [9.17, 15) is 9.59 Å². The molecule has 1 amide bonds. The summed E-state index contributed by atoms with van der Waals surface area (Å²) in [6, 6.07) is 9.85. The van der Waals surface area contributed by atoms with Crippen molar-refractivity contribution in [2.24, 2.45) is 0 Å². The summed E-state index contributed by atoms with van der Waals surface area (Å²) >= 11 is 0. The van der Waals surface area contributed by atoms with Crippen molar-refractivity contribution in [3.63, 3.8) is 0 Å². The number of aromatic nitrogens is 6. The third-order valence-corrected chi connectivity index (χ3v) is 6.95. The fourth-order valence-electron chi connectivity index (χ4n) is 5.04. The van der Waals surface area contributed by atoms with Crippen LogP contribution in [-0.2, 0) is 4.79 Å². The lowest BCUT2D eigenvalue weighted by Gasteiger charge is -2.29. The third-order valence-electron chi connectivity index (χ3n) is 6.95. The smallest absolute Gasteiger partial charge is 0.295 e. The van der Waals surface area contributed by atoms with E-state index < -0.39 is 11.7 Å². The van der Waals surface area contributed by atoms with Crippen LogP contribution in [0.5, 0.6) is 5.75 Å². The van der Waals surface area contributed by atoms with Crippen molar-refractivity contribution in [3.05, 3.63) is 89.8 Å². The van der Waals surface area contributed by atoms with Gasteiger partial charge in [-0.3, -0.25) is 19.6 Å². The molecule has 1 N–H and O–H groups in total. The summed E-state index contributed by atoms with van der Waals surface area (Å²) in [7, 11) is 1.50. The van der Waals surface area contributed by atoms with Crippen molar-refractivity contribution >= 4 is 28.2 Å². The number of pyridine rings is 1. The van der Waals surface area contributed by atoms with Gasteiger partial charge in [-0.1, -0.05) is 35.9 Å². The van der Waals surface area contributed by atoms with E-state index >= 15 is 0 Å². The second-order valence-electron chi connectivity index (χ2n) is 9.31. The predicted molar refractivity (Wildman–Crippen MR) is 145 cm³/mol. The summed E-state index contributed by atoms with van der Waals surface area (Å²) in [5.74, 6) is 0.118. The Morgan fingerprint density at radius 2 is 1.82 bits per heavy atom. The lowest BCUT2D eigenvalue weighted by Crippen LogP contribution is -2.40. The SMILES string of the molecule is COc1cnc(-c2cnccn2)c2[nH]cc(C(=O)C(=O)N3CCC(=C(c4ccccc4)c4nnc(C)o4)CC3)c12. The standard InChI is InChI=1S/C29H25N7O4/c1-17-34-35-28(40-17)23(18-6-4-3-5-7-18)19-8-12-36(13-9-19)29(38)27(37)20-14-32-26-24(20)22(39-2)16-33-25(26)21-15-30-10-11-31-21/h3-7,10-11,14-16,32H,8-9,12-13H2,1-2H3. The van der Waals surface area contributed by atoms with Gasteiger partial charge in [-0.2, -0.15) is 0 Å². The maximum Gasteiger partial charge on any atom is 0.295 e. The Labute approximate surface area is 229 Å². The van der Waals surface area contributed by atoms with E-state index in [0.29, 0.717) is 65.8 Å². The lowest BCUT2D eigenvalue weighted by atomic mass is 9.92. The number of aryl methyl sites for hydroxylation is 1. The van der Waals surface area contributed by atoms with E-state index in [2.05, 4.69) is 30.1 Å². The van der Waals surface area contributed by atoms with E-state index in [-0.39, 0.29) is 5.56 Å². The summed E-state index contributed by atoms with van der Waals surface area (Å²) in [6.45, 7) is 2.52. The number of carbonyl (C=O) groups excluding carboxylic acids is 2. The highest BCUT2D eigenvalue weighted by Gasteiger charge is 2.31. The molecule has 1 saturated heterocycles. The van der Waals surface area contributed by atoms with Gasteiger partial charge in [0.15, 0.2) is 0 Å². The molecule has 5 heterocycles. The zero-order chi connectivity index (χ0) is 27.6. The van der Waals surface area contributed by atoms with Crippen molar-refractivity contribution in [2.75, 3.05) is 20.2 Å². The van der Waals surface area contributed by atoms with Crippen molar-refractivity contribution in [2.45, 2.75) is 19.8 Å². The number of carbonyl (C=O) groups is 2. The summed E-state index contributed by atoms with van der Waals surface area (Å²) in [5, 5.41) is 8.73. The highest BCUT2D eigenvalue weighted by Crippen LogP contribution is 2.35. The van der Waals surface area contributed by atoms with Crippen molar-refractivity contribution in [1.82, 2.24) is 35.0 Å². The van der Waals surface area contributed by atoms with Gasteiger partial charge >= 0.3 is 0 Å². The van der Waals surface area contributed by atoms with Crippen LogP contribution in [-0.4, -0.2) is 66.9 Å². The zero-order valence-electron chi connectivity index (χ0n) is 21.9. The number of aromatic amines is 1. The molecule has 0 spiro atoms. The van der Waals surface area contributed by atoms with Gasteiger partial charge in [-0.25, -0.2) is 4.98 Å². The van der Waals surface area contributed by atoms with Crippen LogP contribution in [0.2, 0.25) is 0 Å². The summed E-state index contributed by atoms with van der Waals surface area (Å²) in [4.78, 5) is 44.5. The molecular weight excluding hydrogens is 510 g/mol. The van der Waals surface area contributed by atoms with Crippen LogP contribution < -0.4 is 4.74 Å². The molecule has 0 atom stereocenters. The molecule has 1 aromatic carbocycles. The van der Waals surface area contributed by atoms with Gasteiger partial charge in [-0.05, 0) is 18.4 Å². The lowest BCUT2D eigenvalue weighted by molar-refractivity contribution is -0.126. The first-order valence-corrected chi connectivity index (χ1v) is 12.8. The Bertz CT molecular complexity index is 1730. The van der Waals surface area contributed by atoms with E-state index in [1.807, 2.05) is 30.3 Å². The second kappa shape index (κ2) is 10.5. The minimum Gasteiger partial charge on any atom is -0.494 e.